The van der Waals surface area contributed by atoms with Gasteiger partial charge in [0.15, 0.2) is 5.60 Å². The highest BCUT2D eigenvalue weighted by Gasteiger charge is 2.50. The van der Waals surface area contributed by atoms with Gasteiger partial charge in [-0.15, -0.1) is 0 Å². The molecule has 1 rings (SSSR count). The summed E-state index contributed by atoms with van der Waals surface area (Å²) < 4.78 is 37.2. The van der Waals surface area contributed by atoms with Gasteiger partial charge in [-0.1, -0.05) is 0 Å². The Morgan fingerprint density at radius 1 is 1.26 bits per heavy atom. The lowest BCUT2D eigenvalue weighted by Crippen LogP contribution is -2.46. The number of rotatable bonds is 7. The summed E-state index contributed by atoms with van der Waals surface area (Å²) in [5.41, 5.74) is -2.59. The predicted octanol–water partition coefficient (Wildman–Crippen LogP) is 1.83. The Morgan fingerprint density at radius 2 is 1.83 bits per heavy atom. The van der Waals surface area contributed by atoms with Crippen LogP contribution in [-0.2, 0) is 4.79 Å². The van der Waals surface area contributed by atoms with E-state index in [9.17, 15) is 33.2 Å². The number of nitrogens with one attached hydrogen (secondary N) is 2. The second-order valence-corrected chi connectivity index (χ2v) is 5.03. The van der Waals surface area contributed by atoms with E-state index in [0.717, 1.165) is 0 Å². The minimum Gasteiger partial charge on any atom is -0.383 e. The third-order valence-electron chi connectivity index (χ3n) is 2.97. The van der Waals surface area contributed by atoms with Crippen LogP contribution in [0, 0.1) is 10.1 Å². The molecular formula is C13H16F3N3O4. The van der Waals surface area contributed by atoms with Gasteiger partial charge >= 0.3 is 6.18 Å². The number of hydrogen-bond acceptors (Lipinski definition) is 5. The van der Waals surface area contributed by atoms with Crippen molar-refractivity contribution >= 4 is 17.3 Å². The number of hydrogen-bond donors (Lipinski definition) is 3. The van der Waals surface area contributed by atoms with E-state index in [2.05, 4.69) is 10.6 Å². The number of benzene rings is 1. The number of amides is 1. The molecule has 1 amide bonds. The van der Waals surface area contributed by atoms with E-state index in [0.29, 0.717) is 12.6 Å². The first-order chi connectivity index (χ1) is 10.5. The van der Waals surface area contributed by atoms with Crippen molar-refractivity contribution < 1.29 is 28.0 Å². The van der Waals surface area contributed by atoms with Gasteiger partial charge in [0, 0.05) is 30.9 Å². The van der Waals surface area contributed by atoms with Crippen molar-refractivity contribution in [2.24, 2.45) is 0 Å². The maximum atomic E-state index is 12.4. The lowest BCUT2D eigenvalue weighted by Gasteiger charge is -2.25. The zero-order chi connectivity index (χ0) is 17.7. The molecular weight excluding hydrogens is 319 g/mol. The molecule has 0 aliphatic rings. The van der Waals surface area contributed by atoms with Gasteiger partial charge in [0.05, 0.1) is 11.3 Å². The molecule has 7 nitrogen and oxygen atoms in total. The molecule has 0 bridgehead atoms. The number of aliphatic hydroxyl groups is 1. The Bertz CT molecular complexity index is 559. The standard InChI is InChI=1S/C13H16F3N3O4/c1-12(21,13(14,15)16)8-11(20)18-7-6-17-9-2-4-10(5-3-9)19(22)23/h2-5,17,21H,6-8H2,1H3,(H,18,20)/t12-/m1/s1. The summed E-state index contributed by atoms with van der Waals surface area (Å²) in [4.78, 5) is 21.3. The van der Waals surface area contributed by atoms with Crippen molar-refractivity contribution in [2.45, 2.75) is 25.1 Å². The predicted molar refractivity (Wildman–Crippen MR) is 75.9 cm³/mol. The number of anilines is 1. The molecule has 0 aromatic heterocycles. The number of nitrogens with zero attached hydrogens (tertiary/aromatic N) is 1. The van der Waals surface area contributed by atoms with Gasteiger partial charge in [-0.3, -0.25) is 14.9 Å². The number of nitro groups is 1. The summed E-state index contributed by atoms with van der Waals surface area (Å²) in [5, 5.41) is 24.7. The summed E-state index contributed by atoms with van der Waals surface area (Å²) in [5.74, 6) is -0.933. The van der Waals surface area contributed by atoms with Gasteiger partial charge in [0.1, 0.15) is 0 Å². The zero-order valence-electron chi connectivity index (χ0n) is 12.2. The van der Waals surface area contributed by atoms with E-state index < -0.39 is 29.0 Å². The van der Waals surface area contributed by atoms with E-state index in [4.69, 9.17) is 0 Å². The van der Waals surface area contributed by atoms with Crippen LogP contribution < -0.4 is 10.6 Å². The zero-order valence-corrected chi connectivity index (χ0v) is 12.2. The minimum atomic E-state index is -4.89. The molecule has 1 atom stereocenters. The molecule has 0 saturated carbocycles. The van der Waals surface area contributed by atoms with Crippen molar-refractivity contribution in [1.82, 2.24) is 5.32 Å². The van der Waals surface area contributed by atoms with Gasteiger partial charge in [0.25, 0.3) is 5.69 Å². The highest BCUT2D eigenvalue weighted by Crippen LogP contribution is 2.32. The molecule has 0 aliphatic carbocycles. The maximum Gasteiger partial charge on any atom is 0.417 e. The molecule has 0 heterocycles. The Labute approximate surface area is 129 Å². The van der Waals surface area contributed by atoms with Gasteiger partial charge < -0.3 is 15.7 Å². The van der Waals surface area contributed by atoms with Crippen LogP contribution in [0.2, 0.25) is 0 Å². The smallest absolute Gasteiger partial charge is 0.383 e. The topological polar surface area (TPSA) is 104 Å². The van der Waals surface area contributed by atoms with Crippen molar-refractivity contribution in [3.63, 3.8) is 0 Å². The Balaban J connectivity index is 2.34. The van der Waals surface area contributed by atoms with Crippen LogP contribution in [0.5, 0.6) is 0 Å². The Hall–Kier alpha value is -2.36. The van der Waals surface area contributed by atoms with Crippen molar-refractivity contribution in [1.29, 1.82) is 0 Å². The lowest BCUT2D eigenvalue weighted by atomic mass is 10.0. The SMILES string of the molecule is C[C@@](O)(CC(=O)NCCNc1ccc([N+](=O)[O-])cc1)C(F)(F)F. The quantitative estimate of drug-likeness (QED) is 0.400. The summed E-state index contributed by atoms with van der Waals surface area (Å²) in [6.45, 7) is 0.767. The number of carbonyl (C=O) groups excluding carboxylic acids is 1. The van der Waals surface area contributed by atoms with E-state index in [1.807, 2.05) is 0 Å². The molecule has 10 heteroatoms. The van der Waals surface area contributed by atoms with E-state index in [1.54, 1.807) is 0 Å². The fraction of sp³-hybridized carbons (Fsp3) is 0.462. The van der Waals surface area contributed by atoms with Crippen LogP contribution in [0.15, 0.2) is 24.3 Å². The van der Waals surface area contributed by atoms with E-state index in [-0.39, 0.29) is 18.8 Å². The number of carbonyl (C=O) groups is 1. The monoisotopic (exact) mass is 335 g/mol. The van der Waals surface area contributed by atoms with Crippen LogP contribution in [0.4, 0.5) is 24.5 Å². The van der Waals surface area contributed by atoms with Gasteiger partial charge in [-0.25, -0.2) is 0 Å². The van der Waals surface area contributed by atoms with Crippen molar-refractivity contribution in [3.05, 3.63) is 34.4 Å². The molecule has 0 unspecified atom stereocenters. The molecule has 0 fully saturated rings. The molecule has 1 aromatic rings. The molecule has 0 spiro atoms. The summed E-state index contributed by atoms with van der Waals surface area (Å²) in [6, 6.07) is 5.52. The fourth-order valence-electron chi connectivity index (χ4n) is 1.59. The summed E-state index contributed by atoms with van der Waals surface area (Å²) in [7, 11) is 0. The van der Waals surface area contributed by atoms with Crippen LogP contribution in [-0.4, -0.2) is 40.8 Å². The normalized spacial score (nSPS) is 14.0. The van der Waals surface area contributed by atoms with E-state index >= 15 is 0 Å². The average molecular weight is 335 g/mol. The Kier molecular flexibility index (Phi) is 5.91. The van der Waals surface area contributed by atoms with Crippen LogP contribution >= 0.6 is 0 Å². The molecule has 0 saturated heterocycles. The molecule has 128 valence electrons. The molecule has 0 radical (unpaired) electrons. The number of halogens is 3. The fourth-order valence-corrected chi connectivity index (χ4v) is 1.59. The lowest BCUT2D eigenvalue weighted by molar-refractivity contribution is -0.384. The van der Waals surface area contributed by atoms with Crippen LogP contribution in [0.1, 0.15) is 13.3 Å². The molecule has 23 heavy (non-hydrogen) atoms. The van der Waals surface area contributed by atoms with Gasteiger partial charge in [-0.05, 0) is 19.1 Å². The maximum absolute atomic E-state index is 12.4. The van der Waals surface area contributed by atoms with Gasteiger partial charge in [0.2, 0.25) is 5.91 Å². The third-order valence-corrected chi connectivity index (χ3v) is 2.97. The second-order valence-electron chi connectivity index (χ2n) is 5.03. The number of alkyl halides is 3. The first kappa shape index (κ1) is 18.7. The van der Waals surface area contributed by atoms with Gasteiger partial charge in [-0.2, -0.15) is 13.2 Å². The summed E-state index contributed by atoms with van der Waals surface area (Å²) in [6.07, 6.45) is -5.98. The Morgan fingerprint density at radius 3 is 2.30 bits per heavy atom. The average Bonchev–Trinajstić information content (AvgIpc) is 2.42. The summed E-state index contributed by atoms with van der Waals surface area (Å²) >= 11 is 0. The third kappa shape index (κ3) is 5.74. The number of nitro benzene ring substituents is 1. The molecule has 3 N–H and O–H groups in total. The highest BCUT2D eigenvalue weighted by atomic mass is 19.4. The second kappa shape index (κ2) is 7.27. The minimum absolute atomic E-state index is 0.0315. The number of non-ortho nitro benzene ring substituents is 1. The van der Waals surface area contributed by atoms with Crippen LogP contribution in [0.25, 0.3) is 0 Å². The molecule has 1 aromatic carbocycles. The van der Waals surface area contributed by atoms with E-state index in [1.165, 1.54) is 24.3 Å². The highest BCUT2D eigenvalue weighted by molar-refractivity contribution is 5.77. The first-order valence-corrected chi connectivity index (χ1v) is 6.57. The van der Waals surface area contributed by atoms with Crippen LogP contribution in [0.3, 0.4) is 0 Å². The molecule has 0 aliphatic heterocycles. The largest absolute Gasteiger partial charge is 0.417 e. The van der Waals surface area contributed by atoms with Crippen molar-refractivity contribution in [3.8, 4) is 0 Å². The van der Waals surface area contributed by atoms with Crippen molar-refractivity contribution in [2.75, 3.05) is 18.4 Å². The first-order valence-electron chi connectivity index (χ1n) is 6.57.